The second-order valence-electron chi connectivity index (χ2n) is 8.34. The van der Waals surface area contributed by atoms with Crippen LogP contribution < -0.4 is 25.5 Å². The predicted octanol–water partition coefficient (Wildman–Crippen LogP) is 3.97. The second-order valence-corrected chi connectivity index (χ2v) is 8.70. The highest BCUT2D eigenvalue weighted by Gasteiger charge is 2.17. The summed E-state index contributed by atoms with van der Waals surface area (Å²) in [6, 6.07) is 13.6. The van der Waals surface area contributed by atoms with Gasteiger partial charge in [0.05, 0.1) is 6.54 Å². The summed E-state index contributed by atoms with van der Waals surface area (Å²) in [7, 11) is 0. The molecule has 4 aromatic rings. The van der Waals surface area contributed by atoms with Crippen LogP contribution in [0.1, 0.15) is 26.2 Å². The molecule has 0 radical (unpaired) electrons. The van der Waals surface area contributed by atoms with Gasteiger partial charge in [0.2, 0.25) is 5.28 Å². The van der Waals surface area contributed by atoms with Gasteiger partial charge in [-0.25, -0.2) is 4.79 Å². The number of imidazole rings is 1. The zero-order valence-corrected chi connectivity index (χ0v) is 21.2. The van der Waals surface area contributed by atoms with Gasteiger partial charge in [0.1, 0.15) is 42.8 Å². The van der Waals surface area contributed by atoms with E-state index in [2.05, 4.69) is 16.9 Å². The van der Waals surface area contributed by atoms with E-state index in [9.17, 15) is 14.7 Å². The minimum Gasteiger partial charge on any atom is -0.508 e. The van der Waals surface area contributed by atoms with Crippen molar-refractivity contribution in [1.82, 2.24) is 19.1 Å². The Balaban J connectivity index is 1.37. The van der Waals surface area contributed by atoms with Crippen molar-refractivity contribution < 1.29 is 19.3 Å². The molecule has 37 heavy (non-hydrogen) atoms. The number of halogens is 1. The van der Waals surface area contributed by atoms with Crippen molar-refractivity contribution in [3.8, 4) is 23.0 Å². The van der Waals surface area contributed by atoms with Crippen LogP contribution in [0.15, 0.2) is 58.1 Å². The Bertz CT molecular complexity index is 1460. The number of nitrogens with one attached hydrogen (secondary N) is 1. The van der Waals surface area contributed by atoms with Crippen molar-refractivity contribution in [3.63, 3.8) is 0 Å². The quantitative estimate of drug-likeness (QED) is 0.199. The van der Waals surface area contributed by atoms with Gasteiger partial charge in [-0.15, -0.1) is 0 Å². The molecule has 0 aliphatic heterocycles. The van der Waals surface area contributed by atoms with Gasteiger partial charge in [-0.3, -0.25) is 13.9 Å². The maximum atomic E-state index is 13.1. The molecule has 11 heteroatoms. The molecular weight excluding hydrogens is 500 g/mol. The first-order valence-corrected chi connectivity index (χ1v) is 12.5. The van der Waals surface area contributed by atoms with Crippen LogP contribution in [0.4, 0.5) is 0 Å². The molecule has 0 bridgehead atoms. The fraction of sp³-hybridized carbons (Fsp3) is 0.346. The van der Waals surface area contributed by atoms with Crippen LogP contribution in [-0.2, 0) is 13.1 Å². The monoisotopic (exact) mass is 528 g/mol. The Morgan fingerprint density at radius 1 is 0.892 bits per heavy atom. The molecule has 2 aromatic heterocycles. The molecule has 0 fully saturated rings. The number of nitrogens with zero attached hydrogens (tertiary/aromatic N) is 3. The number of aromatic hydroxyl groups is 1. The zero-order valence-electron chi connectivity index (χ0n) is 20.5. The van der Waals surface area contributed by atoms with E-state index in [1.807, 2.05) is 0 Å². The van der Waals surface area contributed by atoms with Gasteiger partial charge in [0.25, 0.3) is 5.56 Å². The van der Waals surface area contributed by atoms with Gasteiger partial charge in [0.15, 0.2) is 11.2 Å². The lowest BCUT2D eigenvalue weighted by Gasteiger charge is -2.13. The number of aromatic nitrogens is 4. The molecule has 10 nitrogen and oxygen atoms in total. The smallest absolute Gasteiger partial charge is 0.332 e. The Morgan fingerprint density at radius 3 is 2.22 bits per heavy atom. The summed E-state index contributed by atoms with van der Waals surface area (Å²) in [6.07, 6.45) is 2.74. The highest BCUT2D eigenvalue weighted by molar-refractivity contribution is 6.28. The summed E-state index contributed by atoms with van der Waals surface area (Å²) in [5.41, 5.74) is -0.460. The number of rotatable bonds is 13. The van der Waals surface area contributed by atoms with Crippen LogP contribution in [0.3, 0.4) is 0 Å². The molecule has 0 saturated heterocycles. The fourth-order valence-electron chi connectivity index (χ4n) is 3.86. The van der Waals surface area contributed by atoms with Gasteiger partial charge in [-0.05, 0) is 42.3 Å². The molecule has 2 N–H and O–H groups in total. The minimum atomic E-state index is -0.487. The van der Waals surface area contributed by atoms with Crippen LogP contribution in [-0.4, -0.2) is 44.0 Å². The molecule has 0 unspecified atom stereocenters. The lowest BCUT2D eigenvalue weighted by atomic mass is 10.2. The number of phenols is 1. The average molecular weight is 529 g/mol. The molecule has 4 rings (SSSR count). The van der Waals surface area contributed by atoms with Crippen molar-refractivity contribution in [2.45, 2.75) is 39.3 Å². The zero-order chi connectivity index (χ0) is 26.2. The first-order valence-electron chi connectivity index (χ1n) is 12.1. The van der Waals surface area contributed by atoms with E-state index in [1.165, 1.54) is 10.6 Å². The largest absolute Gasteiger partial charge is 0.508 e. The average Bonchev–Trinajstić information content (AvgIpc) is 3.28. The van der Waals surface area contributed by atoms with E-state index >= 15 is 0 Å². The van der Waals surface area contributed by atoms with Gasteiger partial charge < -0.3 is 24.3 Å². The third kappa shape index (κ3) is 6.65. The molecule has 0 aliphatic rings. The van der Waals surface area contributed by atoms with Gasteiger partial charge >= 0.3 is 5.69 Å². The summed E-state index contributed by atoms with van der Waals surface area (Å²) < 4.78 is 19.7. The van der Waals surface area contributed by atoms with E-state index in [4.69, 9.17) is 25.8 Å². The molecule has 2 heterocycles. The van der Waals surface area contributed by atoms with E-state index in [-0.39, 0.29) is 35.3 Å². The molecule has 0 amide bonds. The third-order valence-corrected chi connectivity index (χ3v) is 5.82. The van der Waals surface area contributed by atoms with E-state index in [1.54, 1.807) is 42.5 Å². The molecule has 0 aliphatic carbocycles. The summed E-state index contributed by atoms with van der Waals surface area (Å²) >= 11 is 5.99. The van der Waals surface area contributed by atoms with Crippen molar-refractivity contribution in [2.75, 3.05) is 19.8 Å². The standard InChI is InChI=1S/C26H29ClN4O6/c1-2-3-4-11-30-23-22(28-25(27)29-23)24(33)31(26(30)34)12-13-35-20-9-6-10-21(17-20)37-15-14-36-19-8-5-7-18(32)16-19/h5-10,16-17,32H,2-4,11-15H2,1H3,(H,28,29). The number of H-pyrrole nitrogens is 1. The van der Waals surface area contributed by atoms with Crippen molar-refractivity contribution >= 4 is 22.8 Å². The second kappa shape index (κ2) is 12.4. The summed E-state index contributed by atoms with van der Waals surface area (Å²) in [5.74, 6) is 1.81. The Labute approximate surface area is 218 Å². The minimum absolute atomic E-state index is 0.0564. The SMILES string of the molecule is CCCCCn1c(=O)n(CCOc2cccc(OCCOc3cccc(O)c3)c2)c(=O)c2[nH]c(Cl)nc21. The van der Waals surface area contributed by atoms with E-state index in [0.717, 1.165) is 23.8 Å². The molecule has 196 valence electrons. The first-order chi connectivity index (χ1) is 18.0. The highest BCUT2D eigenvalue weighted by atomic mass is 35.5. The number of phenolic OH excluding ortho intramolecular Hbond substituents is 1. The third-order valence-electron chi connectivity index (χ3n) is 5.65. The number of fused-ring (bicyclic) bond motifs is 1. The van der Waals surface area contributed by atoms with Crippen molar-refractivity contribution in [2.24, 2.45) is 0 Å². The predicted molar refractivity (Wildman–Crippen MR) is 140 cm³/mol. The Kier molecular flexibility index (Phi) is 8.73. The molecule has 0 spiro atoms. The van der Waals surface area contributed by atoms with Crippen LogP contribution >= 0.6 is 11.6 Å². The molecular formula is C26H29ClN4O6. The first kappa shape index (κ1) is 26.2. The highest BCUT2D eigenvalue weighted by Crippen LogP contribution is 2.20. The van der Waals surface area contributed by atoms with Gasteiger partial charge in [-0.2, -0.15) is 4.98 Å². The van der Waals surface area contributed by atoms with Gasteiger partial charge in [0, 0.05) is 18.7 Å². The number of benzene rings is 2. The van der Waals surface area contributed by atoms with Crippen molar-refractivity contribution in [3.05, 3.63) is 74.7 Å². The van der Waals surface area contributed by atoms with Crippen LogP contribution in [0.2, 0.25) is 5.28 Å². The van der Waals surface area contributed by atoms with E-state index < -0.39 is 11.2 Å². The summed E-state index contributed by atoms with van der Waals surface area (Å²) in [5, 5.41) is 9.55. The number of aromatic amines is 1. The van der Waals surface area contributed by atoms with Gasteiger partial charge in [-0.1, -0.05) is 31.9 Å². The van der Waals surface area contributed by atoms with E-state index in [0.29, 0.717) is 37.0 Å². The Hall–Kier alpha value is -3.92. The molecule has 2 aromatic carbocycles. The lowest BCUT2D eigenvalue weighted by Crippen LogP contribution is -2.41. The number of unbranched alkanes of at least 4 members (excludes halogenated alkanes) is 2. The topological polar surface area (TPSA) is 121 Å². The van der Waals surface area contributed by atoms with Crippen LogP contribution in [0.25, 0.3) is 11.2 Å². The molecule has 0 saturated carbocycles. The van der Waals surface area contributed by atoms with Crippen molar-refractivity contribution in [1.29, 1.82) is 0 Å². The fourth-order valence-corrected chi connectivity index (χ4v) is 4.03. The summed E-state index contributed by atoms with van der Waals surface area (Å²) in [4.78, 5) is 32.9. The summed E-state index contributed by atoms with van der Waals surface area (Å²) in [6.45, 7) is 3.26. The maximum absolute atomic E-state index is 13.1. The number of aryl methyl sites for hydroxylation is 1. The molecule has 0 atom stereocenters. The number of hydrogen-bond acceptors (Lipinski definition) is 7. The van der Waals surface area contributed by atoms with Crippen LogP contribution in [0, 0.1) is 0 Å². The normalized spacial score (nSPS) is 11.1. The Morgan fingerprint density at radius 2 is 1.54 bits per heavy atom. The number of hydrogen-bond donors (Lipinski definition) is 2. The van der Waals surface area contributed by atoms with Crippen LogP contribution in [0.5, 0.6) is 23.0 Å². The lowest BCUT2D eigenvalue weighted by molar-refractivity contribution is 0.215. The maximum Gasteiger partial charge on any atom is 0.332 e. The number of ether oxygens (including phenoxy) is 3.